The highest BCUT2D eigenvalue weighted by Gasteiger charge is 2.49. The molecule has 0 spiro atoms. The topological polar surface area (TPSA) is 94.8 Å². The number of phenolic OH excluding ortho intramolecular Hbond substituents is 1. The maximum atomic E-state index is 16.6. The van der Waals surface area contributed by atoms with Crippen LogP contribution in [0, 0.1) is 24.0 Å². The van der Waals surface area contributed by atoms with Gasteiger partial charge in [0.2, 0.25) is 0 Å². The largest absolute Gasteiger partial charge is 0.508 e. The number of nitrogens with zero attached hydrogens (tertiary/aromatic N) is 5. The number of aromatic nitrogens is 3. The first-order valence-electron chi connectivity index (χ1n) is 14.5. The first kappa shape index (κ1) is 27.7. The van der Waals surface area contributed by atoms with Crippen LogP contribution in [0.4, 0.5) is 19.0 Å². The summed E-state index contributed by atoms with van der Waals surface area (Å²) >= 11 is 0. The van der Waals surface area contributed by atoms with Gasteiger partial charge >= 0.3 is 6.01 Å². The van der Waals surface area contributed by atoms with Crippen molar-refractivity contribution in [2.45, 2.75) is 49.9 Å². The summed E-state index contributed by atoms with van der Waals surface area (Å²) < 4.78 is 51.8. The Balaban J connectivity index is 1.38. The zero-order chi connectivity index (χ0) is 29.9. The number of hydrogen-bond acceptors (Lipinski definition) is 8. The van der Waals surface area contributed by atoms with Crippen molar-refractivity contribution < 1.29 is 28.1 Å². The van der Waals surface area contributed by atoms with Crippen LogP contribution in [0.1, 0.15) is 37.7 Å². The van der Waals surface area contributed by atoms with Crippen molar-refractivity contribution in [3.63, 3.8) is 0 Å². The molecule has 8 nitrogen and oxygen atoms in total. The second-order valence-electron chi connectivity index (χ2n) is 11.8. The van der Waals surface area contributed by atoms with E-state index in [2.05, 4.69) is 25.8 Å². The van der Waals surface area contributed by atoms with Crippen molar-refractivity contribution in [2.75, 3.05) is 37.7 Å². The zero-order valence-electron chi connectivity index (χ0n) is 23.4. The van der Waals surface area contributed by atoms with E-state index in [9.17, 15) is 19.0 Å². The summed E-state index contributed by atoms with van der Waals surface area (Å²) in [4.78, 5) is 17.5. The van der Waals surface area contributed by atoms with Crippen molar-refractivity contribution in [3.8, 4) is 35.4 Å². The normalized spacial score (nSPS) is 24.0. The minimum Gasteiger partial charge on any atom is -0.508 e. The maximum absolute atomic E-state index is 16.6. The van der Waals surface area contributed by atoms with E-state index in [1.807, 2.05) is 4.90 Å². The lowest BCUT2D eigenvalue weighted by Gasteiger charge is -2.32. The summed E-state index contributed by atoms with van der Waals surface area (Å²) in [6.07, 6.45) is 8.98. The molecule has 4 aromatic rings. The molecule has 43 heavy (non-hydrogen) atoms. The second kappa shape index (κ2) is 10.5. The third-order valence-electron chi connectivity index (χ3n) is 9.02. The highest BCUT2D eigenvalue weighted by Crippen LogP contribution is 2.42. The molecule has 0 bridgehead atoms. The molecule has 0 saturated carbocycles. The minimum atomic E-state index is -0.937. The van der Waals surface area contributed by atoms with Gasteiger partial charge in [0.25, 0.3) is 0 Å². The number of piperidine rings is 1. The number of pyridine rings is 1. The Morgan fingerprint density at radius 1 is 1.14 bits per heavy atom. The van der Waals surface area contributed by atoms with Crippen molar-refractivity contribution in [1.82, 2.24) is 19.9 Å². The van der Waals surface area contributed by atoms with Crippen LogP contribution in [-0.2, 0) is 0 Å². The van der Waals surface area contributed by atoms with Crippen LogP contribution in [0.15, 0.2) is 30.5 Å². The molecule has 0 amide bonds. The third-order valence-corrected chi connectivity index (χ3v) is 9.02. The average molecular weight is 590 g/mol. The number of aromatic hydroxyl groups is 1. The summed E-state index contributed by atoms with van der Waals surface area (Å²) in [6.45, 7) is 2.18. The van der Waals surface area contributed by atoms with Gasteiger partial charge in [0, 0.05) is 43.2 Å². The van der Waals surface area contributed by atoms with Gasteiger partial charge in [-0.3, -0.25) is 9.88 Å². The van der Waals surface area contributed by atoms with Gasteiger partial charge in [0.1, 0.15) is 41.4 Å². The van der Waals surface area contributed by atoms with E-state index in [-0.39, 0.29) is 52.6 Å². The van der Waals surface area contributed by atoms with Gasteiger partial charge in [-0.25, -0.2) is 13.2 Å². The summed E-state index contributed by atoms with van der Waals surface area (Å²) in [5, 5.41) is 21.8. The lowest BCUT2D eigenvalue weighted by atomic mass is 9.95. The molecular weight excluding hydrogens is 559 g/mol. The van der Waals surface area contributed by atoms with Gasteiger partial charge in [0.05, 0.1) is 22.6 Å². The van der Waals surface area contributed by atoms with Gasteiger partial charge in [-0.15, -0.1) is 6.42 Å². The summed E-state index contributed by atoms with van der Waals surface area (Å²) in [7, 11) is 0. The number of ether oxygens (including phenoxy) is 1. The number of anilines is 1. The molecule has 3 aliphatic rings. The molecule has 1 unspecified atom stereocenters. The number of hydrogen-bond donors (Lipinski definition) is 2. The first-order chi connectivity index (χ1) is 20.8. The number of benzene rings is 2. The Labute approximate surface area is 246 Å². The summed E-state index contributed by atoms with van der Waals surface area (Å²) in [5.74, 6) is 1.05. The summed E-state index contributed by atoms with van der Waals surface area (Å²) in [5.41, 5.74) is -0.695. The van der Waals surface area contributed by atoms with Crippen LogP contribution in [0.5, 0.6) is 11.8 Å². The molecule has 2 aromatic carbocycles. The number of fused-ring (bicyclic) bond motifs is 3. The van der Waals surface area contributed by atoms with E-state index >= 15 is 4.39 Å². The Kier molecular flexibility index (Phi) is 6.78. The standard InChI is InChI=1S/C32H30F3N5O3/c1-2-22-25(34)7-6-18-11-21(42)12-23(26(18)22)28-27(35)29-24(14-36-28)30(39-9-3-5-20(41)16-39)38-31(37-29)43-17-32-8-4-10-40(32)15-19(33)13-32/h1,6-7,11-12,14,19-20,41-42H,3-5,8-10,13,15-17H2/t19-,20?,32+/m1/s1. The number of aliphatic hydroxyl groups is 1. The number of halogens is 3. The van der Waals surface area contributed by atoms with Gasteiger partial charge in [-0.2, -0.15) is 9.97 Å². The molecule has 3 atom stereocenters. The minimum absolute atomic E-state index is 0.0710. The van der Waals surface area contributed by atoms with Crippen LogP contribution in [0.2, 0.25) is 0 Å². The van der Waals surface area contributed by atoms with E-state index in [0.717, 1.165) is 19.4 Å². The van der Waals surface area contributed by atoms with Gasteiger partial charge in [-0.05, 0) is 55.8 Å². The zero-order valence-corrected chi connectivity index (χ0v) is 23.4. The van der Waals surface area contributed by atoms with Gasteiger partial charge < -0.3 is 19.8 Å². The highest BCUT2D eigenvalue weighted by molar-refractivity contribution is 6.03. The van der Waals surface area contributed by atoms with E-state index in [1.54, 1.807) is 0 Å². The Morgan fingerprint density at radius 2 is 2.00 bits per heavy atom. The molecule has 222 valence electrons. The van der Waals surface area contributed by atoms with Crippen LogP contribution in [0.25, 0.3) is 32.9 Å². The molecule has 0 aliphatic carbocycles. The van der Waals surface area contributed by atoms with E-state index in [0.29, 0.717) is 48.9 Å². The fourth-order valence-corrected chi connectivity index (χ4v) is 7.06. The fourth-order valence-electron chi connectivity index (χ4n) is 7.06. The average Bonchev–Trinajstić information content (AvgIpc) is 3.51. The Hall–Kier alpha value is -4.14. The van der Waals surface area contributed by atoms with E-state index < -0.39 is 29.4 Å². The smallest absolute Gasteiger partial charge is 0.319 e. The number of phenols is 1. The molecule has 3 saturated heterocycles. The number of terminal acetylenes is 1. The van der Waals surface area contributed by atoms with Crippen LogP contribution < -0.4 is 9.64 Å². The number of alkyl halides is 1. The van der Waals surface area contributed by atoms with Gasteiger partial charge in [-0.1, -0.05) is 12.0 Å². The molecule has 3 fully saturated rings. The quantitative estimate of drug-likeness (QED) is 0.323. The fraction of sp³-hybridized carbons (Fsp3) is 0.406. The highest BCUT2D eigenvalue weighted by atomic mass is 19.1. The van der Waals surface area contributed by atoms with E-state index in [1.165, 1.54) is 30.5 Å². The molecule has 11 heteroatoms. The summed E-state index contributed by atoms with van der Waals surface area (Å²) in [6, 6.07) is 5.29. The SMILES string of the molecule is C#Cc1c(F)ccc2cc(O)cc(-c3ncc4c(N5CCCC(O)C5)nc(OC[C@@]56CCCN5C[C@H](F)C6)nc4c3F)c12. The van der Waals surface area contributed by atoms with Crippen molar-refractivity contribution >= 4 is 27.5 Å². The lowest BCUT2D eigenvalue weighted by Crippen LogP contribution is -2.43. The molecule has 5 heterocycles. The predicted molar refractivity (Wildman–Crippen MR) is 156 cm³/mol. The molecular formula is C32H30F3N5O3. The molecule has 2 aromatic heterocycles. The molecule has 3 aliphatic heterocycles. The van der Waals surface area contributed by atoms with Crippen LogP contribution in [0.3, 0.4) is 0 Å². The third kappa shape index (κ3) is 4.69. The Morgan fingerprint density at radius 3 is 2.81 bits per heavy atom. The van der Waals surface area contributed by atoms with Crippen molar-refractivity contribution in [2.24, 2.45) is 0 Å². The first-order valence-corrected chi connectivity index (χ1v) is 14.5. The van der Waals surface area contributed by atoms with Crippen LogP contribution in [-0.4, -0.2) is 80.7 Å². The molecule has 7 rings (SSSR count). The maximum Gasteiger partial charge on any atom is 0.319 e. The second-order valence-corrected chi connectivity index (χ2v) is 11.8. The van der Waals surface area contributed by atoms with Crippen molar-refractivity contribution in [1.29, 1.82) is 0 Å². The van der Waals surface area contributed by atoms with Crippen molar-refractivity contribution in [3.05, 3.63) is 47.7 Å². The monoisotopic (exact) mass is 589 g/mol. The molecule has 2 N–H and O–H groups in total. The van der Waals surface area contributed by atoms with Gasteiger partial charge in [0.15, 0.2) is 5.82 Å². The molecule has 0 radical (unpaired) electrons. The number of β-amino-alcohol motifs (C(OH)–C–C–N with tert-alkyl or cyclic N) is 1. The Bertz CT molecular complexity index is 1800. The predicted octanol–water partition coefficient (Wildman–Crippen LogP) is 4.73. The number of aliphatic hydroxyl groups excluding tert-OH is 1. The van der Waals surface area contributed by atoms with E-state index in [4.69, 9.17) is 11.2 Å². The van der Waals surface area contributed by atoms with Crippen LogP contribution >= 0.6 is 0 Å². The lowest BCUT2D eigenvalue weighted by molar-refractivity contribution is 0.107. The number of rotatable bonds is 5.